The summed E-state index contributed by atoms with van der Waals surface area (Å²) in [6, 6.07) is 9.37. The largest absolute Gasteiger partial charge is 0.276 e. The van der Waals surface area contributed by atoms with Crippen LogP contribution in [0.5, 0.6) is 0 Å². The molecular weight excluding hydrogens is 370 g/mol. The van der Waals surface area contributed by atoms with Crippen molar-refractivity contribution < 1.29 is 13.2 Å². The monoisotopic (exact) mass is 389 g/mol. The van der Waals surface area contributed by atoms with Crippen molar-refractivity contribution in [3.63, 3.8) is 0 Å². The van der Waals surface area contributed by atoms with Gasteiger partial charge in [0.2, 0.25) is 0 Å². The average molecular weight is 390 g/mol. The van der Waals surface area contributed by atoms with Crippen molar-refractivity contribution in [2.45, 2.75) is 43.4 Å². The van der Waals surface area contributed by atoms with Gasteiger partial charge >= 0.3 is 0 Å². The number of sulfonamides is 1. The molecule has 0 spiro atoms. The van der Waals surface area contributed by atoms with Crippen molar-refractivity contribution in [3.8, 4) is 6.07 Å². The number of amides is 1. The summed E-state index contributed by atoms with van der Waals surface area (Å²) < 4.78 is 24.6. The van der Waals surface area contributed by atoms with Crippen LogP contribution < -0.4 is 10.3 Å². The maximum Gasteiger partial charge on any atom is 0.276 e. The number of nitriles is 1. The van der Waals surface area contributed by atoms with Gasteiger partial charge in [0.05, 0.1) is 21.4 Å². The summed E-state index contributed by atoms with van der Waals surface area (Å²) >= 11 is 1.43. The number of hydrogen-bond donors (Lipinski definition) is 2. The molecule has 0 bridgehead atoms. The summed E-state index contributed by atoms with van der Waals surface area (Å²) in [5.41, 5.74) is 3.70. The minimum absolute atomic E-state index is 0.0738. The predicted octanol–water partition coefficient (Wildman–Crippen LogP) is 2.90. The second-order valence-corrected chi connectivity index (χ2v) is 8.99. The van der Waals surface area contributed by atoms with Gasteiger partial charge in [0.15, 0.2) is 0 Å². The number of benzene rings is 1. The van der Waals surface area contributed by atoms with Crippen LogP contribution in [-0.4, -0.2) is 14.3 Å². The highest BCUT2D eigenvalue weighted by molar-refractivity contribution is 7.89. The molecule has 8 heteroatoms. The molecule has 6 nitrogen and oxygen atoms in total. The molecule has 1 amide bonds. The van der Waals surface area contributed by atoms with Crippen LogP contribution in [0.1, 0.15) is 51.4 Å². The normalized spacial score (nSPS) is 14.6. The first-order valence-corrected chi connectivity index (χ1v) is 10.7. The summed E-state index contributed by atoms with van der Waals surface area (Å²) in [5, 5.41) is 8.88. The van der Waals surface area contributed by atoms with Crippen molar-refractivity contribution in [1.82, 2.24) is 10.3 Å². The molecule has 1 aromatic heterocycles. The number of carbonyl (C=O) groups excluding carboxylic acids is 1. The number of nitrogens with one attached hydrogen (secondary N) is 2. The van der Waals surface area contributed by atoms with E-state index in [-0.39, 0.29) is 10.5 Å². The number of thiophene rings is 1. The summed E-state index contributed by atoms with van der Waals surface area (Å²) in [6.07, 6.45) is 6.59. The van der Waals surface area contributed by atoms with E-state index in [0.717, 1.165) is 25.7 Å². The van der Waals surface area contributed by atoms with Gasteiger partial charge in [-0.1, -0.05) is 18.9 Å². The molecule has 0 fully saturated rings. The first-order chi connectivity index (χ1) is 12.5. The molecule has 26 heavy (non-hydrogen) atoms. The molecule has 0 saturated carbocycles. The molecule has 2 aromatic rings. The van der Waals surface area contributed by atoms with Crippen LogP contribution in [0.2, 0.25) is 0 Å². The van der Waals surface area contributed by atoms with Crippen molar-refractivity contribution in [2.24, 2.45) is 0 Å². The Labute approximate surface area is 156 Å². The van der Waals surface area contributed by atoms with E-state index in [4.69, 9.17) is 5.26 Å². The van der Waals surface area contributed by atoms with Crippen molar-refractivity contribution in [3.05, 3.63) is 51.2 Å². The molecule has 136 valence electrons. The Kier molecular flexibility index (Phi) is 5.71. The Hall–Kier alpha value is -2.21. The van der Waals surface area contributed by atoms with Crippen molar-refractivity contribution in [1.29, 1.82) is 5.26 Å². The van der Waals surface area contributed by atoms with E-state index in [1.165, 1.54) is 58.9 Å². The first-order valence-electron chi connectivity index (χ1n) is 8.43. The zero-order valence-electron chi connectivity index (χ0n) is 14.1. The Bertz CT molecular complexity index is 933. The number of hydrazine groups is 1. The van der Waals surface area contributed by atoms with E-state index in [0.29, 0.717) is 4.88 Å². The molecule has 3 rings (SSSR count). The van der Waals surface area contributed by atoms with Gasteiger partial charge in [-0.25, -0.2) is 8.42 Å². The Morgan fingerprint density at radius 3 is 2.65 bits per heavy atom. The van der Waals surface area contributed by atoms with Crippen LogP contribution in [0.15, 0.2) is 35.2 Å². The number of aryl methyl sites for hydroxylation is 2. The second-order valence-electron chi connectivity index (χ2n) is 6.17. The molecule has 0 saturated heterocycles. The Balaban J connectivity index is 1.70. The van der Waals surface area contributed by atoms with Crippen LogP contribution in [-0.2, 0) is 22.9 Å². The van der Waals surface area contributed by atoms with Gasteiger partial charge in [-0.3, -0.25) is 10.2 Å². The molecule has 1 aliphatic carbocycles. The van der Waals surface area contributed by atoms with E-state index in [1.807, 2.05) is 12.1 Å². The van der Waals surface area contributed by atoms with E-state index in [9.17, 15) is 13.2 Å². The van der Waals surface area contributed by atoms with Gasteiger partial charge in [0.25, 0.3) is 15.9 Å². The third-order valence-corrected chi connectivity index (χ3v) is 6.77. The van der Waals surface area contributed by atoms with Gasteiger partial charge in [-0.15, -0.1) is 16.2 Å². The highest BCUT2D eigenvalue weighted by atomic mass is 32.2. The second kappa shape index (κ2) is 7.99. The lowest BCUT2D eigenvalue weighted by molar-refractivity contribution is 0.0949. The highest BCUT2D eigenvalue weighted by Crippen LogP contribution is 2.28. The van der Waals surface area contributed by atoms with Gasteiger partial charge in [0, 0.05) is 4.88 Å². The van der Waals surface area contributed by atoms with Crippen LogP contribution in [0.25, 0.3) is 0 Å². The van der Waals surface area contributed by atoms with Gasteiger partial charge in [-0.05, 0) is 55.5 Å². The number of carbonyl (C=O) groups is 1. The van der Waals surface area contributed by atoms with Gasteiger partial charge in [-0.2, -0.15) is 5.26 Å². The van der Waals surface area contributed by atoms with E-state index in [2.05, 4.69) is 10.3 Å². The Morgan fingerprint density at radius 2 is 1.88 bits per heavy atom. The van der Waals surface area contributed by atoms with Crippen LogP contribution in [0.4, 0.5) is 0 Å². The molecule has 1 aromatic carbocycles. The lowest BCUT2D eigenvalue weighted by Crippen LogP contribution is -2.41. The summed E-state index contributed by atoms with van der Waals surface area (Å²) in [7, 11) is -3.94. The molecule has 1 heterocycles. The lowest BCUT2D eigenvalue weighted by atomic mass is 10.00. The maximum atomic E-state index is 12.4. The molecule has 1 aliphatic rings. The SMILES string of the molecule is N#Cc1cccc(S(=O)(=O)NNC(=O)c2cc3c(s2)CCCCCC3)c1. The van der Waals surface area contributed by atoms with Crippen LogP contribution in [0, 0.1) is 11.3 Å². The zero-order valence-corrected chi connectivity index (χ0v) is 15.8. The van der Waals surface area contributed by atoms with Crippen molar-refractivity contribution in [2.75, 3.05) is 0 Å². The maximum absolute atomic E-state index is 12.4. The molecule has 2 N–H and O–H groups in total. The predicted molar refractivity (Wildman–Crippen MR) is 99.1 cm³/mol. The fourth-order valence-corrected chi connectivity index (χ4v) is 4.96. The fourth-order valence-electron chi connectivity index (χ4n) is 2.92. The molecule has 0 unspecified atom stereocenters. The standard InChI is InChI=1S/C18H19N3O3S2/c19-12-13-6-5-8-15(10-13)26(23,24)21-20-18(22)17-11-14-7-3-1-2-4-9-16(14)25-17/h5-6,8,10-11,21H,1-4,7,9H2,(H,20,22). The van der Waals surface area contributed by atoms with E-state index >= 15 is 0 Å². The number of nitrogens with zero attached hydrogens (tertiary/aromatic N) is 1. The summed E-state index contributed by atoms with van der Waals surface area (Å²) in [4.78, 5) is 16.1. The number of fused-ring (bicyclic) bond motifs is 1. The molecule has 0 aliphatic heterocycles. The molecule has 0 atom stereocenters. The van der Waals surface area contributed by atoms with Gasteiger partial charge < -0.3 is 0 Å². The quantitative estimate of drug-likeness (QED) is 0.786. The smallest absolute Gasteiger partial charge is 0.273 e. The highest BCUT2D eigenvalue weighted by Gasteiger charge is 2.19. The number of hydrogen-bond acceptors (Lipinski definition) is 5. The molecule has 0 radical (unpaired) electrons. The third kappa shape index (κ3) is 4.30. The minimum Gasteiger partial charge on any atom is -0.273 e. The zero-order chi connectivity index (χ0) is 18.6. The topological polar surface area (TPSA) is 99.1 Å². The minimum atomic E-state index is -3.94. The third-order valence-electron chi connectivity index (χ3n) is 4.29. The number of rotatable bonds is 4. The van der Waals surface area contributed by atoms with Crippen molar-refractivity contribution >= 4 is 27.3 Å². The van der Waals surface area contributed by atoms with Gasteiger partial charge in [0.1, 0.15) is 0 Å². The summed E-state index contributed by atoms with van der Waals surface area (Å²) in [5.74, 6) is -0.471. The summed E-state index contributed by atoms with van der Waals surface area (Å²) in [6.45, 7) is 0. The van der Waals surface area contributed by atoms with E-state index < -0.39 is 15.9 Å². The van der Waals surface area contributed by atoms with Crippen LogP contribution >= 0.6 is 11.3 Å². The van der Waals surface area contributed by atoms with Crippen LogP contribution in [0.3, 0.4) is 0 Å². The Morgan fingerprint density at radius 1 is 1.12 bits per heavy atom. The van der Waals surface area contributed by atoms with E-state index in [1.54, 1.807) is 0 Å². The fraction of sp³-hybridized carbons (Fsp3) is 0.333. The first kappa shape index (κ1) is 18.6. The molecular formula is C18H19N3O3S2. The lowest BCUT2D eigenvalue weighted by Gasteiger charge is -2.07. The average Bonchev–Trinajstić information content (AvgIpc) is 3.02.